The highest BCUT2D eigenvalue weighted by Crippen LogP contribution is 2.23. The van der Waals surface area contributed by atoms with Gasteiger partial charge in [0.2, 0.25) is 11.8 Å². The van der Waals surface area contributed by atoms with Crippen LogP contribution in [0.5, 0.6) is 0 Å². The van der Waals surface area contributed by atoms with Gasteiger partial charge in [-0.05, 0) is 12.8 Å². The van der Waals surface area contributed by atoms with Crippen LogP contribution in [0, 0.1) is 0 Å². The fourth-order valence-corrected chi connectivity index (χ4v) is 2.02. The molecule has 2 heterocycles. The average molecular weight is 253 g/mol. The molecule has 7 nitrogen and oxygen atoms in total. The van der Waals surface area contributed by atoms with Crippen molar-refractivity contribution in [2.75, 3.05) is 11.4 Å². The SMILES string of the molecule is CC(C)NCc1nnc(N2CCCC2C(N)=O)o1. The van der Waals surface area contributed by atoms with Gasteiger partial charge in [-0.25, -0.2) is 0 Å². The van der Waals surface area contributed by atoms with Gasteiger partial charge in [0.15, 0.2) is 0 Å². The Bertz CT molecular complexity index is 417. The number of carbonyl (C=O) groups is 1. The zero-order chi connectivity index (χ0) is 13.1. The Kier molecular flexibility index (Phi) is 3.81. The largest absolute Gasteiger partial charge is 0.407 e. The van der Waals surface area contributed by atoms with E-state index in [2.05, 4.69) is 15.5 Å². The molecule has 0 aromatic carbocycles. The summed E-state index contributed by atoms with van der Waals surface area (Å²) in [4.78, 5) is 13.1. The number of nitrogens with two attached hydrogens (primary N) is 1. The summed E-state index contributed by atoms with van der Waals surface area (Å²) in [5, 5.41) is 11.1. The summed E-state index contributed by atoms with van der Waals surface area (Å²) in [7, 11) is 0. The summed E-state index contributed by atoms with van der Waals surface area (Å²) in [5.74, 6) is 0.182. The van der Waals surface area contributed by atoms with Crippen molar-refractivity contribution in [2.45, 2.75) is 45.3 Å². The van der Waals surface area contributed by atoms with Crippen LogP contribution in [-0.2, 0) is 11.3 Å². The van der Waals surface area contributed by atoms with Gasteiger partial charge < -0.3 is 20.4 Å². The Hall–Kier alpha value is -1.63. The van der Waals surface area contributed by atoms with E-state index >= 15 is 0 Å². The van der Waals surface area contributed by atoms with E-state index in [1.165, 1.54) is 0 Å². The second-order valence-electron chi connectivity index (χ2n) is 4.77. The molecule has 1 atom stereocenters. The van der Waals surface area contributed by atoms with Gasteiger partial charge in [0, 0.05) is 12.6 Å². The number of carbonyl (C=O) groups excluding carboxylic acids is 1. The van der Waals surface area contributed by atoms with Gasteiger partial charge in [0.05, 0.1) is 6.54 Å². The first-order valence-electron chi connectivity index (χ1n) is 6.19. The number of anilines is 1. The van der Waals surface area contributed by atoms with Crippen LogP contribution in [0.4, 0.5) is 6.01 Å². The monoisotopic (exact) mass is 253 g/mol. The van der Waals surface area contributed by atoms with Gasteiger partial charge in [-0.2, -0.15) is 0 Å². The number of amides is 1. The normalized spacial score (nSPS) is 19.7. The molecule has 0 saturated carbocycles. The maximum Gasteiger partial charge on any atom is 0.318 e. The predicted octanol–water partition coefficient (Wildman–Crippen LogP) is 0.0217. The summed E-state index contributed by atoms with van der Waals surface area (Å²) >= 11 is 0. The van der Waals surface area contributed by atoms with Crippen molar-refractivity contribution in [1.82, 2.24) is 15.5 Å². The fourth-order valence-electron chi connectivity index (χ4n) is 2.02. The van der Waals surface area contributed by atoms with E-state index in [0.29, 0.717) is 24.5 Å². The molecule has 2 rings (SSSR count). The number of aromatic nitrogens is 2. The van der Waals surface area contributed by atoms with Crippen LogP contribution >= 0.6 is 0 Å². The standard InChI is InChI=1S/C11H19N5O2/c1-7(2)13-6-9-14-15-11(18-9)16-5-3-4-8(16)10(12)17/h7-8,13H,3-6H2,1-2H3,(H2,12,17). The lowest BCUT2D eigenvalue weighted by Crippen LogP contribution is -2.40. The van der Waals surface area contributed by atoms with Crippen molar-refractivity contribution in [3.05, 3.63) is 5.89 Å². The van der Waals surface area contributed by atoms with Crippen molar-refractivity contribution >= 4 is 11.9 Å². The lowest BCUT2D eigenvalue weighted by atomic mass is 10.2. The van der Waals surface area contributed by atoms with Crippen LogP contribution < -0.4 is 16.0 Å². The first-order valence-corrected chi connectivity index (χ1v) is 6.19. The topological polar surface area (TPSA) is 97.3 Å². The molecule has 1 aliphatic rings. The molecule has 1 aromatic rings. The number of nitrogens with zero attached hydrogens (tertiary/aromatic N) is 3. The maximum atomic E-state index is 11.3. The van der Waals surface area contributed by atoms with E-state index in [1.54, 1.807) is 4.90 Å². The quantitative estimate of drug-likeness (QED) is 0.768. The molecule has 100 valence electrons. The number of hydrogen-bond acceptors (Lipinski definition) is 6. The third kappa shape index (κ3) is 2.79. The minimum Gasteiger partial charge on any atom is -0.407 e. The zero-order valence-corrected chi connectivity index (χ0v) is 10.7. The molecule has 0 radical (unpaired) electrons. The molecule has 18 heavy (non-hydrogen) atoms. The van der Waals surface area contributed by atoms with Crippen molar-refractivity contribution in [3.8, 4) is 0 Å². The molecule has 1 aliphatic heterocycles. The average Bonchev–Trinajstić information content (AvgIpc) is 2.94. The first-order chi connectivity index (χ1) is 8.58. The van der Waals surface area contributed by atoms with Crippen molar-refractivity contribution < 1.29 is 9.21 Å². The molecule has 3 N–H and O–H groups in total. The van der Waals surface area contributed by atoms with Crippen LogP contribution in [-0.4, -0.2) is 34.7 Å². The molecule has 0 spiro atoms. The Morgan fingerprint density at radius 3 is 3.06 bits per heavy atom. The zero-order valence-electron chi connectivity index (χ0n) is 10.7. The minimum absolute atomic E-state index is 0.323. The van der Waals surface area contributed by atoms with Gasteiger partial charge in [-0.1, -0.05) is 18.9 Å². The molecule has 0 bridgehead atoms. The second-order valence-corrected chi connectivity index (χ2v) is 4.77. The van der Waals surface area contributed by atoms with E-state index in [-0.39, 0.29) is 11.9 Å². The summed E-state index contributed by atoms with van der Waals surface area (Å²) in [5.41, 5.74) is 5.35. The molecule has 7 heteroatoms. The highest BCUT2D eigenvalue weighted by molar-refractivity contribution is 5.83. The first kappa shape index (κ1) is 12.8. The highest BCUT2D eigenvalue weighted by Gasteiger charge is 2.32. The number of primary amides is 1. The number of rotatable bonds is 5. The minimum atomic E-state index is -0.340. The summed E-state index contributed by atoms with van der Waals surface area (Å²) < 4.78 is 5.53. The fraction of sp³-hybridized carbons (Fsp3) is 0.727. The van der Waals surface area contributed by atoms with E-state index in [1.807, 2.05) is 13.8 Å². The van der Waals surface area contributed by atoms with Crippen LogP contribution in [0.25, 0.3) is 0 Å². The molecule has 1 aromatic heterocycles. The Labute approximate surface area is 106 Å². The van der Waals surface area contributed by atoms with Gasteiger partial charge in [0.1, 0.15) is 6.04 Å². The van der Waals surface area contributed by atoms with Gasteiger partial charge in [-0.3, -0.25) is 4.79 Å². The van der Waals surface area contributed by atoms with Crippen LogP contribution in [0.3, 0.4) is 0 Å². The number of hydrogen-bond donors (Lipinski definition) is 2. The van der Waals surface area contributed by atoms with E-state index < -0.39 is 0 Å². The molecular formula is C11H19N5O2. The smallest absolute Gasteiger partial charge is 0.318 e. The Morgan fingerprint density at radius 1 is 1.61 bits per heavy atom. The second kappa shape index (κ2) is 5.34. The summed E-state index contributed by atoms with van der Waals surface area (Å²) in [6.45, 7) is 5.34. The Morgan fingerprint density at radius 2 is 2.39 bits per heavy atom. The van der Waals surface area contributed by atoms with Gasteiger partial charge in [-0.15, -0.1) is 5.10 Å². The highest BCUT2D eigenvalue weighted by atomic mass is 16.4. The molecule has 1 unspecified atom stereocenters. The lowest BCUT2D eigenvalue weighted by molar-refractivity contribution is -0.119. The third-order valence-corrected chi connectivity index (χ3v) is 2.94. The van der Waals surface area contributed by atoms with Crippen molar-refractivity contribution in [1.29, 1.82) is 0 Å². The summed E-state index contributed by atoms with van der Waals surface area (Å²) in [6, 6.07) is 0.415. The third-order valence-electron chi connectivity index (χ3n) is 2.94. The van der Waals surface area contributed by atoms with Crippen LogP contribution in [0.15, 0.2) is 4.42 Å². The molecule has 1 amide bonds. The molecule has 1 saturated heterocycles. The molecule has 0 aliphatic carbocycles. The maximum absolute atomic E-state index is 11.3. The van der Waals surface area contributed by atoms with E-state index in [4.69, 9.17) is 10.2 Å². The van der Waals surface area contributed by atoms with Gasteiger partial charge in [0.25, 0.3) is 0 Å². The van der Waals surface area contributed by atoms with Crippen LogP contribution in [0.1, 0.15) is 32.6 Å². The van der Waals surface area contributed by atoms with Gasteiger partial charge >= 0.3 is 6.01 Å². The molecule has 1 fully saturated rings. The predicted molar refractivity (Wildman–Crippen MR) is 65.8 cm³/mol. The van der Waals surface area contributed by atoms with E-state index in [9.17, 15) is 4.79 Å². The van der Waals surface area contributed by atoms with E-state index in [0.717, 1.165) is 19.4 Å². The Balaban J connectivity index is 2.03. The summed E-state index contributed by atoms with van der Waals surface area (Å²) in [6.07, 6.45) is 1.66. The van der Waals surface area contributed by atoms with Crippen LogP contribution in [0.2, 0.25) is 0 Å². The molecular weight excluding hydrogens is 234 g/mol. The number of nitrogens with one attached hydrogen (secondary N) is 1. The van der Waals surface area contributed by atoms with Crippen molar-refractivity contribution in [3.63, 3.8) is 0 Å². The lowest BCUT2D eigenvalue weighted by Gasteiger charge is -2.18. The van der Waals surface area contributed by atoms with Crippen molar-refractivity contribution in [2.24, 2.45) is 5.73 Å².